The second-order valence-electron chi connectivity index (χ2n) is 6.39. The maximum atomic E-state index is 3.52. The van der Waals surface area contributed by atoms with Crippen LogP contribution in [-0.4, -0.2) is 19.6 Å². The molecule has 3 heteroatoms. The highest BCUT2D eigenvalue weighted by Crippen LogP contribution is 2.21. The molecule has 0 saturated heterocycles. The molecule has 1 N–H and O–H groups in total. The zero-order valence-electron chi connectivity index (χ0n) is 15.2. The van der Waals surface area contributed by atoms with Gasteiger partial charge in [0.1, 0.15) is 0 Å². The van der Waals surface area contributed by atoms with E-state index in [1.807, 2.05) is 6.07 Å². The summed E-state index contributed by atoms with van der Waals surface area (Å²) in [5, 5.41) is 3.52. The smallest absolute Gasteiger partial charge is 0.0367 e. The van der Waals surface area contributed by atoms with Crippen molar-refractivity contribution < 1.29 is 0 Å². The molecule has 0 fully saturated rings. The maximum absolute atomic E-state index is 3.52. The minimum absolute atomic E-state index is 0. The van der Waals surface area contributed by atoms with Gasteiger partial charge in [-0.05, 0) is 35.7 Å². The number of anilines is 2. The van der Waals surface area contributed by atoms with Crippen LogP contribution in [0.3, 0.4) is 0 Å². The summed E-state index contributed by atoms with van der Waals surface area (Å²) in [5.41, 5.74) is 3.84. The van der Waals surface area contributed by atoms with E-state index in [1.165, 1.54) is 16.9 Å². The van der Waals surface area contributed by atoms with Gasteiger partial charge in [0.15, 0.2) is 0 Å². The highest BCUT2D eigenvalue weighted by Gasteiger charge is 2.12. The quantitative estimate of drug-likeness (QED) is 0.539. The van der Waals surface area contributed by atoms with Gasteiger partial charge in [0.05, 0.1) is 0 Å². The Balaban J connectivity index is 0.00000243. The summed E-state index contributed by atoms with van der Waals surface area (Å²) >= 11 is 0. The number of nitrogens with one attached hydrogen (secondary N) is 1. The number of para-hydroxylation sites is 2. The molecule has 0 saturated carbocycles. The third-order valence-electron chi connectivity index (χ3n) is 4.47. The van der Waals surface area contributed by atoms with Gasteiger partial charge in [-0.1, -0.05) is 73.7 Å². The second kappa shape index (κ2) is 10.5. The molecule has 136 valence electrons. The van der Waals surface area contributed by atoms with Crippen LogP contribution in [0.2, 0.25) is 0 Å². The fourth-order valence-corrected chi connectivity index (χ4v) is 3.07. The number of rotatable bonds is 8. The maximum Gasteiger partial charge on any atom is 0.0367 e. The Morgan fingerprint density at radius 3 is 1.92 bits per heavy atom. The van der Waals surface area contributed by atoms with E-state index >= 15 is 0 Å². The molecule has 3 rings (SSSR count). The molecular formula is C23H27ClN2. The summed E-state index contributed by atoms with van der Waals surface area (Å²) in [6.07, 6.45) is 0. The van der Waals surface area contributed by atoms with Gasteiger partial charge in [0.25, 0.3) is 0 Å². The molecule has 0 aliphatic carbocycles. The predicted molar refractivity (Wildman–Crippen MR) is 116 cm³/mol. The summed E-state index contributed by atoms with van der Waals surface area (Å²) < 4.78 is 0. The van der Waals surface area contributed by atoms with E-state index in [1.54, 1.807) is 0 Å². The first-order valence-corrected chi connectivity index (χ1v) is 8.97. The van der Waals surface area contributed by atoms with Crippen LogP contribution in [-0.2, 0) is 0 Å². The molecule has 0 heterocycles. The van der Waals surface area contributed by atoms with Gasteiger partial charge in [-0.15, -0.1) is 12.4 Å². The van der Waals surface area contributed by atoms with Crippen molar-refractivity contribution in [2.24, 2.45) is 0 Å². The molecule has 0 aliphatic rings. The molecule has 0 spiro atoms. The predicted octanol–water partition coefficient (Wildman–Crippen LogP) is 5.83. The summed E-state index contributed by atoms with van der Waals surface area (Å²) in [5.74, 6) is 0.484. The average molecular weight is 367 g/mol. The fourth-order valence-electron chi connectivity index (χ4n) is 3.07. The Morgan fingerprint density at radius 2 is 1.31 bits per heavy atom. The first-order valence-electron chi connectivity index (χ1n) is 8.97. The van der Waals surface area contributed by atoms with Crippen LogP contribution in [0.5, 0.6) is 0 Å². The normalized spacial score (nSPS) is 11.3. The second-order valence-corrected chi connectivity index (χ2v) is 6.39. The largest absolute Gasteiger partial charge is 0.383 e. The van der Waals surface area contributed by atoms with Crippen LogP contribution in [0.15, 0.2) is 91.0 Å². The van der Waals surface area contributed by atoms with E-state index in [0.717, 1.165) is 19.6 Å². The average Bonchev–Trinajstić information content (AvgIpc) is 2.69. The molecule has 0 aliphatic heterocycles. The molecule has 3 aromatic carbocycles. The van der Waals surface area contributed by atoms with Crippen molar-refractivity contribution in [3.8, 4) is 0 Å². The highest BCUT2D eigenvalue weighted by molar-refractivity contribution is 5.85. The van der Waals surface area contributed by atoms with E-state index in [9.17, 15) is 0 Å². The van der Waals surface area contributed by atoms with Crippen LogP contribution in [0, 0.1) is 0 Å². The van der Waals surface area contributed by atoms with Gasteiger partial charge in [-0.3, -0.25) is 0 Å². The molecule has 1 atom stereocenters. The van der Waals surface area contributed by atoms with Gasteiger partial charge in [0.2, 0.25) is 0 Å². The molecular weight excluding hydrogens is 340 g/mol. The zero-order chi connectivity index (χ0) is 17.3. The number of hydrogen-bond donors (Lipinski definition) is 1. The minimum Gasteiger partial charge on any atom is -0.383 e. The van der Waals surface area contributed by atoms with Crippen LogP contribution in [0.1, 0.15) is 18.4 Å². The van der Waals surface area contributed by atoms with Crippen molar-refractivity contribution in [3.63, 3.8) is 0 Å². The number of hydrogen-bond acceptors (Lipinski definition) is 2. The van der Waals surface area contributed by atoms with Crippen molar-refractivity contribution in [1.82, 2.24) is 0 Å². The Kier molecular flexibility index (Phi) is 8.04. The van der Waals surface area contributed by atoms with Gasteiger partial charge < -0.3 is 10.2 Å². The molecule has 1 unspecified atom stereocenters. The Labute approximate surface area is 163 Å². The monoisotopic (exact) mass is 366 g/mol. The Morgan fingerprint density at radius 1 is 0.769 bits per heavy atom. The lowest BCUT2D eigenvalue weighted by atomic mass is 10.0. The van der Waals surface area contributed by atoms with Crippen LogP contribution < -0.4 is 10.2 Å². The van der Waals surface area contributed by atoms with E-state index in [-0.39, 0.29) is 12.4 Å². The summed E-state index contributed by atoms with van der Waals surface area (Å²) in [7, 11) is 0. The SMILES string of the molecule is CC(CN(CCNc1ccccc1)c1ccccc1)c1ccccc1.Cl. The Hall–Kier alpha value is -2.45. The standard InChI is InChI=1S/C23H26N2.ClH/c1-20(21-11-5-2-6-12-21)19-25(23-15-9-4-10-16-23)18-17-24-22-13-7-3-8-14-22;/h2-16,20,24H,17-19H2,1H3;1H. The van der Waals surface area contributed by atoms with Crippen molar-refractivity contribution in [3.05, 3.63) is 96.6 Å². The van der Waals surface area contributed by atoms with Crippen LogP contribution >= 0.6 is 12.4 Å². The van der Waals surface area contributed by atoms with E-state index < -0.39 is 0 Å². The summed E-state index contributed by atoms with van der Waals surface area (Å²) in [6, 6.07) is 31.8. The van der Waals surface area contributed by atoms with Gasteiger partial charge in [-0.2, -0.15) is 0 Å². The third-order valence-corrected chi connectivity index (χ3v) is 4.47. The van der Waals surface area contributed by atoms with Crippen molar-refractivity contribution in [1.29, 1.82) is 0 Å². The molecule has 0 radical (unpaired) electrons. The van der Waals surface area contributed by atoms with Gasteiger partial charge in [0, 0.05) is 31.0 Å². The first kappa shape index (κ1) is 19.9. The highest BCUT2D eigenvalue weighted by atomic mass is 35.5. The first-order chi connectivity index (χ1) is 12.3. The van der Waals surface area contributed by atoms with Gasteiger partial charge in [-0.25, -0.2) is 0 Å². The molecule has 0 amide bonds. The lowest BCUT2D eigenvalue weighted by Crippen LogP contribution is -2.32. The molecule has 0 aromatic heterocycles. The van der Waals surface area contributed by atoms with Crippen LogP contribution in [0.25, 0.3) is 0 Å². The number of benzene rings is 3. The topological polar surface area (TPSA) is 15.3 Å². The third kappa shape index (κ3) is 5.82. The molecule has 2 nitrogen and oxygen atoms in total. The number of halogens is 1. The lowest BCUT2D eigenvalue weighted by Gasteiger charge is -2.28. The number of nitrogens with zero attached hydrogens (tertiary/aromatic N) is 1. The van der Waals surface area contributed by atoms with Crippen molar-refractivity contribution in [2.75, 3.05) is 29.9 Å². The zero-order valence-corrected chi connectivity index (χ0v) is 16.0. The minimum atomic E-state index is 0. The van der Waals surface area contributed by atoms with E-state index in [2.05, 4.69) is 102 Å². The Bertz CT molecular complexity index is 732. The van der Waals surface area contributed by atoms with Crippen molar-refractivity contribution >= 4 is 23.8 Å². The van der Waals surface area contributed by atoms with Crippen molar-refractivity contribution in [2.45, 2.75) is 12.8 Å². The molecule has 3 aromatic rings. The van der Waals surface area contributed by atoms with E-state index in [0.29, 0.717) is 5.92 Å². The molecule has 0 bridgehead atoms. The summed E-state index contributed by atoms with van der Waals surface area (Å²) in [6.45, 7) is 5.19. The van der Waals surface area contributed by atoms with E-state index in [4.69, 9.17) is 0 Å². The molecule has 26 heavy (non-hydrogen) atoms. The van der Waals surface area contributed by atoms with Crippen LogP contribution in [0.4, 0.5) is 11.4 Å². The summed E-state index contributed by atoms with van der Waals surface area (Å²) in [4.78, 5) is 2.47. The van der Waals surface area contributed by atoms with Gasteiger partial charge >= 0.3 is 0 Å². The lowest BCUT2D eigenvalue weighted by molar-refractivity contribution is 0.694. The fraction of sp³-hybridized carbons (Fsp3) is 0.217.